The lowest BCUT2D eigenvalue weighted by molar-refractivity contribution is 0.0620. The summed E-state index contributed by atoms with van der Waals surface area (Å²) in [5.74, 6) is 0. The van der Waals surface area contributed by atoms with Gasteiger partial charge in [-0.3, -0.25) is 0 Å². The SMILES string of the molecule is CC(=C=C[C@H](O)[C@@H](C)O)CCOCc1ccccc1. The number of hydrogen-bond acceptors (Lipinski definition) is 3. The molecule has 1 aromatic carbocycles. The monoisotopic (exact) mass is 262 g/mol. The largest absolute Gasteiger partial charge is 0.390 e. The van der Waals surface area contributed by atoms with Gasteiger partial charge < -0.3 is 14.9 Å². The molecule has 0 radical (unpaired) electrons. The Bertz CT molecular complexity index is 417. The molecule has 0 aliphatic heterocycles. The van der Waals surface area contributed by atoms with E-state index in [1.165, 1.54) is 6.08 Å². The minimum Gasteiger partial charge on any atom is -0.390 e. The van der Waals surface area contributed by atoms with Gasteiger partial charge in [0.2, 0.25) is 0 Å². The molecule has 2 N–H and O–H groups in total. The molecule has 0 fully saturated rings. The number of ether oxygens (including phenoxy) is 1. The maximum absolute atomic E-state index is 9.38. The molecule has 0 bridgehead atoms. The quantitative estimate of drug-likeness (QED) is 0.586. The standard InChI is InChI=1S/C16H22O3/c1-13(8-9-16(18)14(2)17)10-11-19-12-15-6-4-3-5-7-15/h3-7,9,14,16-18H,10-12H2,1-2H3/t8?,14-,16+/m1/s1. The Labute approximate surface area is 114 Å². The van der Waals surface area contributed by atoms with Crippen molar-refractivity contribution in [2.24, 2.45) is 0 Å². The van der Waals surface area contributed by atoms with Crippen LogP contribution in [0.15, 0.2) is 47.7 Å². The van der Waals surface area contributed by atoms with Crippen LogP contribution in [0.25, 0.3) is 0 Å². The number of hydrogen-bond donors (Lipinski definition) is 2. The molecule has 3 heteroatoms. The van der Waals surface area contributed by atoms with Gasteiger partial charge in [-0.05, 0) is 37.5 Å². The molecule has 0 amide bonds. The maximum Gasteiger partial charge on any atom is 0.105 e. The van der Waals surface area contributed by atoms with Gasteiger partial charge in [0.1, 0.15) is 6.10 Å². The lowest BCUT2D eigenvalue weighted by Crippen LogP contribution is -2.19. The van der Waals surface area contributed by atoms with E-state index in [-0.39, 0.29) is 0 Å². The van der Waals surface area contributed by atoms with Crippen molar-refractivity contribution in [3.63, 3.8) is 0 Å². The molecule has 0 heterocycles. The first-order valence-electron chi connectivity index (χ1n) is 6.49. The Morgan fingerprint density at radius 1 is 1.32 bits per heavy atom. The fraction of sp³-hybridized carbons (Fsp3) is 0.438. The fourth-order valence-electron chi connectivity index (χ4n) is 1.43. The summed E-state index contributed by atoms with van der Waals surface area (Å²) in [5.41, 5.74) is 5.11. The summed E-state index contributed by atoms with van der Waals surface area (Å²) in [6.07, 6.45) is 0.613. The molecule has 19 heavy (non-hydrogen) atoms. The van der Waals surface area contributed by atoms with Crippen LogP contribution >= 0.6 is 0 Å². The average molecular weight is 262 g/mol. The number of aliphatic hydroxyl groups is 2. The summed E-state index contributed by atoms with van der Waals surface area (Å²) >= 11 is 0. The summed E-state index contributed by atoms with van der Waals surface area (Å²) in [7, 11) is 0. The van der Waals surface area contributed by atoms with Gasteiger partial charge in [-0.1, -0.05) is 30.3 Å². The molecule has 0 spiro atoms. The Hall–Kier alpha value is -1.38. The minimum atomic E-state index is -0.861. The number of benzene rings is 1. The third-order valence-corrected chi connectivity index (χ3v) is 2.73. The first-order valence-corrected chi connectivity index (χ1v) is 6.49. The third kappa shape index (κ3) is 6.94. The number of rotatable bonds is 7. The normalized spacial score (nSPS) is 13.5. The Morgan fingerprint density at radius 2 is 2.00 bits per heavy atom. The molecule has 0 aromatic heterocycles. The van der Waals surface area contributed by atoms with Crippen LogP contribution < -0.4 is 0 Å². The zero-order chi connectivity index (χ0) is 14.1. The van der Waals surface area contributed by atoms with E-state index in [9.17, 15) is 5.11 Å². The summed E-state index contributed by atoms with van der Waals surface area (Å²) in [4.78, 5) is 0. The lowest BCUT2D eigenvalue weighted by atomic mass is 10.2. The van der Waals surface area contributed by atoms with Crippen LogP contribution in [-0.4, -0.2) is 29.0 Å². The van der Waals surface area contributed by atoms with E-state index in [4.69, 9.17) is 9.84 Å². The van der Waals surface area contributed by atoms with Crippen molar-refractivity contribution in [3.05, 3.63) is 53.3 Å². The van der Waals surface area contributed by atoms with Crippen LogP contribution in [0, 0.1) is 0 Å². The zero-order valence-electron chi connectivity index (χ0n) is 11.5. The molecule has 0 saturated heterocycles. The molecular formula is C16H22O3. The molecule has 1 aromatic rings. The summed E-state index contributed by atoms with van der Waals surface area (Å²) in [6, 6.07) is 10.0. The third-order valence-electron chi connectivity index (χ3n) is 2.73. The van der Waals surface area contributed by atoms with Crippen molar-refractivity contribution in [2.75, 3.05) is 6.61 Å². The van der Waals surface area contributed by atoms with Gasteiger partial charge in [0.15, 0.2) is 0 Å². The van der Waals surface area contributed by atoms with Gasteiger partial charge >= 0.3 is 0 Å². The van der Waals surface area contributed by atoms with Gasteiger partial charge in [0.05, 0.1) is 19.3 Å². The van der Waals surface area contributed by atoms with E-state index >= 15 is 0 Å². The van der Waals surface area contributed by atoms with Gasteiger partial charge in [0.25, 0.3) is 0 Å². The lowest BCUT2D eigenvalue weighted by Gasteiger charge is -2.06. The van der Waals surface area contributed by atoms with E-state index in [1.54, 1.807) is 6.92 Å². The number of aliphatic hydroxyl groups excluding tert-OH is 2. The van der Waals surface area contributed by atoms with E-state index in [1.807, 2.05) is 37.3 Å². The van der Waals surface area contributed by atoms with Crippen LogP contribution in [0.4, 0.5) is 0 Å². The van der Waals surface area contributed by atoms with Gasteiger partial charge in [-0.15, -0.1) is 5.73 Å². The summed E-state index contributed by atoms with van der Waals surface area (Å²) in [5, 5.41) is 18.5. The second kappa shape index (κ2) is 8.68. The van der Waals surface area contributed by atoms with E-state index in [2.05, 4.69) is 5.73 Å². The zero-order valence-corrected chi connectivity index (χ0v) is 11.5. The van der Waals surface area contributed by atoms with Gasteiger partial charge in [0, 0.05) is 0 Å². The van der Waals surface area contributed by atoms with Crippen LogP contribution in [0.5, 0.6) is 0 Å². The molecule has 1 rings (SSSR count). The van der Waals surface area contributed by atoms with Gasteiger partial charge in [-0.2, -0.15) is 0 Å². The highest BCUT2D eigenvalue weighted by molar-refractivity contribution is 5.13. The van der Waals surface area contributed by atoms with Crippen LogP contribution in [-0.2, 0) is 11.3 Å². The maximum atomic E-state index is 9.38. The smallest absolute Gasteiger partial charge is 0.105 e. The highest BCUT2D eigenvalue weighted by Crippen LogP contribution is 2.04. The minimum absolute atomic E-state index is 0.605. The molecule has 0 aliphatic carbocycles. The van der Waals surface area contributed by atoms with Crippen molar-refractivity contribution in [1.29, 1.82) is 0 Å². The van der Waals surface area contributed by atoms with Crippen molar-refractivity contribution >= 4 is 0 Å². The second-order valence-electron chi connectivity index (χ2n) is 4.61. The first-order chi connectivity index (χ1) is 9.09. The van der Waals surface area contributed by atoms with Crippen LogP contribution in [0.2, 0.25) is 0 Å². The molecule has 3 nitrogen and oxygen atoms in total. The van der Waals surface area contributed by atoms with Gasteiger partial charge in [-0.25, -0.2) is 0 Å². The summed E-state index contributed by atoms with van der Waals surface area (Å²) in [6.45, 7) is 4.69. The highest BCUT2D eigenvalue weighted by atomic mass is 16.5. The van der Waals surface area contributed by atoms with E-state index in [0.717, 1.165) is 17.6 Å². The van der Waals surface area contributed by atoms with Crippen LogP contribution in [0.3, 0.4) is 0 Å². The topological polar surface area (TPSA) is 49.7 Å². The Morgan fingerprint density at radius 3 is 2.63 bits per heavy atom. The predicted molar refractivity (Wildman–Crippen MR) is 75.7 cm³/mol. The molecule has 0 unspecified atom stereocenters. The van der Waals surface area contributed by atoms with Crippen molar-refractivity contribution in [3.8, 4) is 0 Å². The second-order valence-corrected chi connectivity index (χ2v) is 4.61. The predicted octanol–water partition coefficient (Wildman–Crippen LogP) is 2.44. The molecule has 104 valence electrons. The van der Waals surface area contributed by atoms with Crippen molar-refractivity contribution in [1.82, 2.24) is 0 Å². The van der Waals surface area contributed by atoms with Crippen molar-refractivity contribution < 1.29 is 14.9 Å². The molecule has 2 atom stereocenters. The molecular weight excluding hydrogens is 240 g/mol. The van der Waals surface area contributed by atoms with E-state index in [0.29, 0.717) is 13.2 Å². The van der Waals surface area contributed by atoms with Crippen molar-refractivity contribution in [2.45, 2.75) is 39.1 Å². The van der Waals surface area contributed by atoms with E-state index < -0.39 is 12.2 Å². The molecule has 0 aliphatic rings. The average Bonchev–Trinajstić information content (AvgIpc) is 2.42. The molecule has 0 saturated carbocycles. The van der Waals surface area contributed by atoms with Crippen LogP contribution in [0.1, 0.15) is 25.8 Å². The first kappa shape index (κ1) is 15.7. The fourth-order valence-corrected chi connectivity index (χ4v) is 1.43. The Balaban J connectivity index is 2.27. The summed E-state index contributed by atoms with van der Waals surface area (Å²) < 4.78 is 5.56. The Kier molecular flexibility index (Phi) is 7.16. The highest BCUT2D eigenvalue weighted by Gasteiger charge is 2.04.